The highest BCUT2D eigenvalue weighted by Gasteiger charge is 2.08. The maximum Gasteiger partial charge on any atom is 0.277 e. The van der Waals surface area contributed by atoms with E-state index >= 15 is 0 Å². The first-order valence-electron chi connectivity index (χ1n) is 6.98. The number of phenolic OH excluding ortho intramolecular Hbond substituents is 2. The lowest BCUT2D eigenvalue weighted by Crippen LogP contribution is -2.25. The Kier molecular flexibility index (Phi) is 5.36. The molecule has 7 nitrogen and oxygen atoms in total. The molecular formula is C17H15N3O4. The van der Waals surface area contributed by atoms with Crippen molar-refractivity contribution < 1.29 is 19.7 Å². The van der Waals surface area contributed by atoms with E-state index in [4.69, 9.17) is 10.00 Å². The molecule has 0 aliphatic heterocycles. The minimum absolute atomic E-state index is 0.0277. The van der Waals surface area contributed by atoms with Gasteiger partial charge < -0.3 is 14.9 Å². The average molecular weight is 325 g/mol. The zero-order valence-electron chi connectivity index (χ0n) is 12.9. The van der Waals surface area contributed by atoms with Gasteiger partial charge in [-0.3, -0.25) is 4.79 Å². The van der Waals surface area contributed by atoms with Crippen LogP contribution in [0.5, 0.6) is 17.2 Å². The SMILES string of the molecule is C/C(=N/NC(=O)COc1ccccc1C#N)c1cc(O)ccc1O. The highest BCUT2D eigenvalue weighted by molar-refractivity contribution is 6.01. The van der Waals surface area contributed by atoms with Crippen molar-refractivity contribution in [2.24, 2.45) is 5.10 Å². The van der Waals surface area contributed by atoms with E-state index in [2.05, 4.69) is 10.5 Å². The first-order chi connectivity index (χ1) is 11.5. The summed E-state index contributed by atoms with van der Waals surface area (Å²) in [4.78, 5) is 11.8. The molecule has 0 bridgehead atoms. The number of nitrogens with zero attached hydrogens (tertiary/aromatic N) is 2. The number of aromatic hydroxyl groups is 2. The summed E-state index contributed by atoms with van der Waals surface area (Å²) in [7, 11) is 0. The molecule has 0 unspecified atom stereocenters. The summed E-state index contributed by atoms with van der Waals surface area (Å²) in [5.41, 5.74) is 3.22. The van der Waals surface area contributed by atoms with Crippen molar-refractivity contribution in [2.75, 3.05) is 6.61 Å². The van der Waals surface area contributed by atoms with Crippen LogP contribution in [0.3, 0.4) is 0 Å². The number of hydrogen-bond acceptors (Lipinski definition) is 6. The molecule has 24 heavy (non-hydrogen) atoms. The number of phenols is 2. The second kappa shape index (κ2) is 7.65. The molecule has 0 fully saturated rings. The van der Waals surface area contributed by atoms with Gasteiger partial charge in [-0.15, -0.1) is 0 Å². The third-order valence-electron chi connectivity index (χ3n) is 3.08. The number of carbonyl (C=O) groups excluding carboxylic acids is 1. The molecule has 2 rings (SSSR count). The van der Waals surface area contributed by atoms with E-state index in [9.17, 15) is 15.0 Å². The fourth-order valence-electron chi connectivity index (χ4n) is 1.88. The number of hydrazone groups is 1. The van der Waals surface area contributed by atoms with Crippen LogP contribution in [-0.4, -0.2) is 28.4 Å². The lowest BCUT2D eigenvalue weighted by molar-refractivity contribution is -0.123. The first-order valence-corrected chi connectivity index (χ1v) is 6.98. The zero-order valence-corrected chi connectivity index (χ0v) is 12.9. The lowest BCUT2D eigenvalue weighted by Gasteiger charge is -2.08. The van der Waals surface area contributed by atoms with Gasteiger partial charge >= 0.3 is 0 Å². The van der Waals surface area contributed by atoms with Crippen LogP contribution in [0.4, 0.5) is 0 Å². The molecule has 0 aromatic heterocycles. The molecule has 2 aromatic carbocycles. The Morgan fingerprint density at radius 1 is 1.29 bits per heavy atom. The molecule has 0 heterocycles. The minimum atomic E-state index is -0.526. The predicted molar refractivity (Wildman–Crippen MR) is 86.8 cm³/mol. The molecule has 0 saturated heterocycles. The van der Waals surface area contributed by atoms with Gasteiger partial charge in [0, 0.05) is 5.56 Å². The Labute approximate surface area is 138 Å². The second-order valence-corrected chi connectivity index (χ2v) is 4.83. The fraction of sp³-hybridized carbons (Fsp3) is 0.118. The third kappa shape index (κ3) is 4.24. The van der Waals surface area contributed by atoms with Gasteiger partial charge in [-0.05, 0) is 37.3 Å². The number of para-hydroxylation sites is 1. The number of amides is 1. The van der Waals surface area contributed by atoms with Crippen molar-refractivity contribution in [3.05, 3.63) is 53.6 Å². The first kappa shape index (κ1) is 16.8. The third-order valence-corrected chi connectivity index (χ3v) is 3.08. The minimum Gasteiger partial charge on any atom is -0.508 e. The highest BCUT2D eigenvalue weighted by atomic mass is 16.5. The number of nitrogens with one attached hydrogen (secondary N) is 1. The smallest absolute Gasteiger partial charge is 0.277 e. The molecule has 1 amide bonds. The van der Waals surface area contributed by atoms with Crippen molar-refractivity contribution in [1.82, 2.24) is 5.43 Å². The van der Waals surface area contributed by atoms with Gasteiger partial charge in [-0.25, -0.2) is 5.43 Å². The molecule has 3 N–H and O–H groups in total. The Hall–Kier alpha value is -3.53. The van der Waals surface area contributed by atoms with Crippen LogP contribution in [-0.2, 0) is 4.79 Å². The van der Waals surface area contributed by atoms with Crippen LogP contribution in [0.15, 0.2) is 47.6 Å². The molecule has 0 radical (unpaired) electrons. The van der Waals surface area contributed by atoms with Crippen LogP contribution in [0.25, 0.3) is 0 Å². The van der Waals surface area contributed by atoms with E-state index in [0.717, 1.165) is 0 Å². The van der Waals surface area contributed by atoms with Crippen molar-refractivity contribution in [2.45, 2.75) is 6.92 Å². The molecule has 2 aromatic rings. The maximum absolute atomic E-state index is 11.8. The molecule has 0 atom stereocenters. The Bertz CT molecular complexity index is 825. The van der Waals surface area contributed by atoms with Crippen LogP contribution in [0.2, 0.25) is 0 Å². The second-order valence-electron chi connectivity index (χ2n) is 4.83. The molecule has 0 spiro atoms. The van der Waals surface area contributed by atoms with E-state index < -0.39 is 5.91 Å². The molecule has 122 valence electrons. The van der Waals surface area contributed by atoms with E-state index in [1.807, 2.05) is 6.07 Å². The number of benzene rings is 2. The predicted octanol–water partition coefficient (Wildman–Crippen LogP) is 1.89. The summed E-state index contributed by atoms with van der Waals surface area (Å²) in [6, 6.07) is 12.5. The quantitative estimate of drug-likeness (QED) is 0.441. The van der Waals surface area contributed by atoms with Crippen LogP contribution in [0, 0.1) is 11.3 Å². The highest BCUT2D eigenvalue weighted by Crippen LogP contribution is 2.22. The van der Waals surface area contributed by atoms with Gasteiger partial charge in [-0.2, -0.15) is 10.4 Å². The van der Waals surface area contributed by atoms with Crippen molar-refractivity contribution >= 4 is 11.6 Å². The van der Waals surface area contributed by atoms with Gasteiger partial charge in [0.1, 0.15) is 23.3 Å². The molecule has 0 saturated carbocycles. The average Bonchev–Trinajstić information content (AvgIpc) is 2.60. The maximum atomic E-state index is 11.8. The summed E-state index contributed by atoms with van der Waals surface area (Å²) >= 11 is 0. The van der Waals surface area contributed by atoms with Gasteiger partial charge in [0.25, 0.3) is 5.91 Å². The molecule has 7 heteroatoms. The number of carbonyl (C=O) groups is 1. The number of hydrogen-bond donors (Lipinski definition) is 3. The Morgan fingerprint density at radius 2 is 2.04 bits per heavy atom. The van der Waals surface area contributed by atoms with Crippen LogP contribution < -0.4 is 10.2 Å². The van der Waals surface area contributed by atoms with E-state index in [-0.39, 0.29) is 18.1 Å². The molecule has 0 aliphatic carbocycles. The topological polar surface area (TPSA) is 115 Å². The number of ether oxygens (including phenoxy) is 1. The van der Waals surface area contributed by atoms with E-state index in [0.29, 0.717) is 22.6 Å². The van der Waals surface area contributed by atoms with Crippen molar-refractivity contribution in [3.8, 4) is 23.3 Å². The van der Waals surface area contributed by atoms with Crippen molar-refractivity contribution in [1.29, 1.82) is 5.26 Å². The van der Waals surface area contributed by atoms with Gasteiger partial charge in [-0.1, -0.05) is 12.1 Å². The van der Waals surface area contributed by atoms with Gasteiger partial charge in [0.05, 0.1) is 11.3 Å². The molecular weight excluding hydrogens is 310 g/mol. The standard InChI is InChI=1S/C17H15N3O4/c1-11(14-8-13(21)6-7-15(14)22)19-20-17(23)10-24-16-5-3-2-4-12(16)9-18/h2-8,21-22H,10H2,1H3,(H,20,23)/b19-11-. The number of rotatable bonds is 5. The van der Waals surface area contributed by atoms with Gasteiger partial charge in [0.2, 0.25) is 0 Å². The zero-order chi connectivity index (χ0) is 17.5. The van der Waals surface area contributed by atoms with Crippen molar-refractivity contribution in [3.63, 3.8) is 0 Å². The van der Waals surface area contributed by atoms with E-state index in [1.165, 1.54) is 18.2 Å². The normalized spacial score (nSPS) is 10.8. The Balaban J connectivity index is 1.97. The summed E-state index contributed by atoms with van der Waals surface area (Å²) in [6.07, 6.45) is 0. The summed E-state index contributed by atoms with van der Waals surface area (Å²) in [6.45, 7) is 1.25. The molecule has 0 aliphatic rings. The lowest BCUT2D eigenvalue weighted by atomic mass is 10.1. The summed E-state index contributed by atoms with van der Waals surface area (Å²) in [5.74, 6) is -0.314. The summed E-state index contributed by atoms with van der Waals surface area (Å²) in [5, 5.41) is 31.9. The summed E-state index contributed by atoms with van der Waals surface area (Å²) < 4.78 is 5.28. The van der Waals surface area contributed by atoms with Crippen LogP contribution >= 0.6 is 0 Å². The number of nitriles is 1. The van der Waals surface area contributed by atoms with E-state index in [1.54, 1.807) is 31.2 Å². The Morgan fingerprint density at radius 3 is 2.79 bits per heavy atom. The van der Waals surface area contributed by atoms with Crippen LogP contribution in [0.1, 0.15) is 18.1 Å². The van der Waals surface area contributed by atoms with Gasteiger partial charge in [0.15, 0.2) is 6.61 Å². The fourth-order valence-corrected chi connectivity index (χ4v) is 1.88. The monoisotopic (exact) mass is 325 g/mol. The largest absolute Gasteiger partial charge is 0.508 e.